The summed E-state index contributed by atoms with van der Waals surface area (Å²) >= 11 is 2.88. The highest BCUT2D eigenvalue weighted by molar-refractivity contribution is 8.05. The van der Waals surface area contributed by atoms with Gasteiger partial charge in [0.2, 0.25) is 0 Å². The van der Waals surface area contributed by atoms with E-state index in [1.165, 1.54) is 23.9 Å². The van der Waals surface area contributed by atoms with Crippen LogP contribution in [0.15, 0.2) is 76.0 Å². The first kappa shape index (κ1) is 23.3. The maximum absolute atomic E-state index is 10.8. The SMILES string of the molecule is CCOc1cc(C=C(C#N)Sc2nc3ccccc3s2)ccc1OCc1ccc([N+](=O)[O-])cc1. The molecule has 0 radical (unpaired) electrons. The second-order valence-corrected chi connectivity index (χ2v) is 9.34. The van der Waals surface area contributed by atoms with Gasteiger partial charge in [0.1, 0.15) is 12.7 Å². The molecule has 7 nitrogen and oxygen atoms in total. The molecule has 0 fully saturated rings. The molecule has 34 heavy (non-hydrogen) atoms. The van der Waals surface area contributed by atoms with E-state index in [2.05, 4.69) is 11.1 Å². The van der Waals surface area contributed by atoms with Crippen LogP contribution in [0.3, 0.4) is 0 Å². The summed E-state index contributed by atoms with van der Waals surface area (Å²) in [5.74, 6) is 1.11. The minimum Gasteiger partial charge on any atom is -0.490 e. The number of rotatable bonds is 9. The predicted molar refractivity (Wildman–Crippen MR) is 134 cm³/mol. The van der Waals surface area contributed by atoms with E-state index in [-0.39, 0.29) is 12.3 Å². The monoisotopic (exact) mass is 489 g/mol. The number of nitriles is 1. The fourth-order valence-electron chi connectivity index (χ4n) is 3.10. The van der Waals surface area contributed by atoms with E-state index in [9.17, 15) is 15.4 Å². The van der Waals surface area contributed by atoms with E-state index in [1.807, 2.05) is 43.3 Å². The number of nitrogens with zero attached hydrogens (tertiary/aromatic N) is 3. The van der Waals surface area contributed by atoms with Crippen molar-refractivity contribution >= 4 is 45.1 Å². The number of thiazole rings is 1. The third-order valence-corrected chi connectivity index (χ3v) is 6.71. The Labute approximate surface area is 204 Å². The number of ether oxygens (including phenoxy) is 2. The fourth-order valence-corrected chi connectivity index (χ4v) is 5.08. The zero-order valence-electron chi connectivity index (χ0n) is 18.1. The Balaban J connectivity index is 1.50. The number of para-hydroxylation sites is 1. The minimum atomic E-state index is -0.436. The van der Waals surface area contributed by atoms with Gasteiger partial charge < -0.3 is 9.47 Å². The lowest BCUT2D eigenvalue weighted by atomic mass is 10.2. The molecule has 9 heteroatoms. The summed E-state index contributed by atoms with van der Waals surface area (Å²) in [5.41, 5.74) is 2.56. The van der Waals surface area contributed by atoms with Crippen molar-refractivity contribution in [2.75, 3.05) is 6.61 Å². The van der Waals surface area contributed by atoms with Gasteiger partial charge in [0.05, 0.1) is 26.7 Å². The second-order valence-electron chi connectivity index (χ2n) is 7.02. The maximum atomic E-state index is 10.8. The van der Waals surface area contributed by atoms with Gasteiger partial charge in [0.15, 0.2) is 15.8 Å². The van der Waals surface area contributed by atoms with Gasteiger partial charge in [0.25, 0.3) is 5.69 Å². The van der Waals surface area contributed by atoms with Crippen molar-refractivity contribution in [3.8, 4) is 17.6 Å². The molecule has 1 aromatic heterocycles. The first-order valence-corrected chi connectivity index (χ1v) is 12.0. The summed E-state index contributed by atoms with van der Waals surface area (Å²) in [4.78, 5) is 15.5. The van der Waals surface area contributed by atoms with Crippen molar-refractivity contribution in [3.05, 3.63) is 92.9 Å². The molecular formula is C25H19N3O4S2. The Bertz CT molecular complexity index is 1360. The standard InChI is InChI=1S/C25H19N3O4S2/c1-2-31-23-14-18(9-12-22(23)32-16-17-7-10-19(11-8-17)28(29)30)13-20(15-26)33-25-27-21-5-3-4-6-24(21)34-25/h3-14H,2,16H2,1H3. The third kappa shape index (κ3) is 5.73. The number of benzene rings is 3. The topological polar surface area (TPSA) is 98.3 Å². The van der Waals surface area contributed by atoms with Crippen LogP contribution < -0.4 is 9.47 Å². The fraction of sp³-hybridized carbons (Fsp3) is 0.120. The molecule has 0 saturated heterocycles. The molecule has 0 bridgehead atoms. The third-order valence-electron chi connectivity index (χ3n) is 4.69. The summed E-state index contributed by atoms with van der Waals surface area (Å²) in [7, 11) is 0. The van der Waals surface area contributed by atoms with Crippen molar-refractivity contribution in [2.24, 2.45) is 0 Å². The van der Waals surface area contributed by atoms with Crippen LogP contribution in [0, 0.1) is 21.4 Å². The van der Waals surface area contributed by atoms with E-state index in [1.54, 1.807) is 35.6 Å². The van der Waals surface area contributed by atoms with E-state index in [0.29, 0.717) is 23.0 Å². The normalized spacial score (nSPS) is 11.2. The molecule has 0 N–H and O–H groups in total. The number of nitro groups is 1. The molecule has 0 unspecified atom stereocenters. The predicted octanol–water partition coefficient (Wildman–Crippen LogP) is 6.84. The molecule has 0 spiro atoms. The summed E-state index contributed by atoms with van der Waals surface area (Å²) in [6, 6.07) is 21.8. The zero-order chi connectivity index (χ0) is 23.9. The Morgan fingerprint density at radius 1 is 1.15 bits per heavy atom. The zero-order valence-corrected chi connectivity index (χ0v) is 19.8. The van der Waals surface area contributed by atoms with Crippen molar-refractivity contribution in [3.63, 3.8) is 0 Å². The number of non-ortho nitro benzene ring substituents is 1. The highest BCUT2D eigenvalue weighted by atomic mass is 32.2. The molecule has 170 valence electrons. The molecule has 0 aliphatic heterocycles. The van der Waals surface area contributed by atoms with Crippen LogP contribution in [0.4, 0.5) is 5.69 Å². The molecular weight excluding hydrogens is 470 g/mol. The molecule has 0 aliphatic rings. The molecule has 4 rings (SSSR count). The Morgan fingerprint density at radius 2 is 1.94 bits per heavy atom. The maximum Gasteiger partial charge on any atom is 0.269 e. The van der Waals surface area contributed by atoms with Crippen LogP contribution in [-0.4, -0.2) is 16.5 Å². The Hall–Kier alpha value is -3.87. The number of hydrogen-bond acceptors (Lipinski definition) is 8. The number of hydrogen-bond donors (Lipinski definition) is 0. The highest BCUT2D eigenvalue weighted by Crippen LogP contribution is 2.36. The van der Waals surface area contributed by atoms with Crippen molar-refractivity contribution < 1.29 is 14.4 Å². The second kappa shape index (κ2) is 10.8. The first-order chi connectivity index (χ1) is 16.6. The minimum absolute atomic E-state index is 0.0342. The lowest BCUT2D eigenvalue weighted by Gasteiger charge is -2.13. The molecule has 0 amide bonds. The van der Waals surface area contributed by atoms with Gasteiger partial charge >= 0.3 is 0 Å². The Kier molecular flexibility index (Phi) is 7.42. The van der Waals surface area contributed by atoms with E-state index in [0.717, 1.165) is 25.7 Å². The van der Waals surface area contributed by atoms with Crippen LogP contribution >= 0.6 is 23.1 Å². The van der Waals surface area contributed by atoms with Crippen LogP contribution in [0.1, 0.15) is 18.1 Å². The van der Waals surface area contributed by atoms with E-state index < -0.39 is 4.92 Å². The lowest BCUT2D eigenvalue weighted by Crippen LogP contribution is -2.00. The van der Waals surface area contributed by atoms with Gasteiger partial charge in [-0.1, -0.05) is 18.2 Å². The van der Waals surface area contributed by atoms with Crippen molar-refractivity contribution in [2.45, 2.75) is 17.9 Å². The molecule has 3 aromatic carbocycles. The van der Waals surface area contributed by atoms with Crippen LogP contribution in [0.25, 0.3) is 16.3 Å². The quantitative estimate of drug-likeness (QED) is 0.110. The van der Waals surface area contributed by atoms with E-state index >= 15 is 0 Å². The largest absolute Gasteiger partial charge is 0.490 e. The average Bonchev–Trinajstić information content (AvgIpc) is 3.26. The molecule has 1 heterocycles. The summed E-state index contributed by atoms with van der Waals surface area (Å²) < 4.78 is 13.5. The van der Waals surface area contributed by atoms with Crippen LogP contribution in [0.2, 0.25) is 0 Å². The lowest BCUT2D eigenvalue weighted by molar-refractivity contribution is -0.384. The van der Waals surface area contributed by atoms with Gasteiger partial charge in [-0.05, 0) is 72.3 Å². The van der Waals surface area contributed by atoms with Gasteiger partial charge in [-0.15, -0.1) is 11.3 Å². The van der Waals surface area contributed by atoms with E-state index in [4.69, 9.17) is 9.47 Å². The van der Waals surface area contributed by atoms with Crippen LogP contribution in [0.5, 0.6) is 11.5 Å². The highest BCUT2D eigenvalue weighted by Gasteiger charge is 2.11. The molecule has 0 atom stereocenters. The van der Waals surface area contributed by atoms with Crippen molar-refractivity contribution in [1.82, 2.24) is 4.98 Å². The number of aromatic nitrogens is 1. The summed E-state index contributed by atoms with van der Waals surface area (Å²) in [6.07, 6.45) is 1.79. The molecule has 0 aliphatic carbocycles. The van der Waals surface area contributed by atoms with Gasteiger partial charge in [0, 0.05) is 12.1 Å². The number of allylic oxidation sites excluding steroid dienone is 1. The molecule has 0 saturated carbocycles. The average molecular weight is 490 g/mol. The summed E-state index contributed by atoms with van der Waals surface area (Å²) in [5, 5.41) is 20.5. The van der Waals surface area contributed by atoms with Crippen molar-refractivity contribution in [1.29, 1.82) is 5.26 Å². The van der Waals surface area contributed by atoms with Crippen LogP contribution in [-0.2, 0) is 6.61 Å². The van der Waals surface area contributed by atoms with Gasteiger partial charge in [-0.3, -0.25) is 10.1 Å². The smallest absolute Gasteiger partial charge is 0.269 e. The number of nitro benzene ring substituents is 1. The number of thioether (sulfide) groups is 1. The van der Waals surface area contributed by atoms with Gasteiger partial charge in [-0.2, -0.15) is 5.26 Å². The number of fused-ring (bicyclic) bond motifs is 1. The van der Waals surface area contributed by atoms with Gasteiger partial charge in [-0.25, -0.2) is 4.98 Å². The Morgan fingerprint density at radius 3 is 2.65 bits per heavy atom. The first-order valence-electron chi connectivity index (χ1n) is 10.3. The summed E-state index contributed by atoms with van der Waals surface area (Å²) in [6.45, 7) is 2.57. The molecule has 4 aromatic rings.